The summed E-state index contributed by atoms with van der Waals surface area (Å²) in [6, 6.07) is 10.1. The Morgan fingerprint density at radius 1 is 1.30 bits per heavy atom. The number of aromatic nitrogens is 1. The average Bonchev–Trinajstić information content (AvgIpc) is 3.35. The van der Waals surface area contributed by atoms with Crippen molar-refractivity contribution in [2.45, 2.75) is 43.7 Å². The molecule has 164 valence electrons. The number of para-hydroxylation sites is 1. The van der Waals surface area contributed by atoms with Crippen LogP contribution in [-0.4, -0.2) is 58.5 Å². The Hall–Kier alpha value is -2.17. The summed E-state index contributed by atoms with van der Waals surface area (Å²) < 4.78 is 44.0. The van der Waals surface area contributed by atoms with E-state index < -0.39 is 12.1 Å². The summed E-state index contributed by atoms with van der Waals surface area (Å²) in [4.78, 5) is 15.8. The molecule has 0 aliphatic carbocycles. The van der Waals surface area contributed by atoms with Crippen molar-refractivity contribution in [3.05, 3.63) is 46.9 Å². The van der Waals surface area contributed by atoms with Crippen molar-refractivity contribution < 1.29 is 32.5 Å². The van der Waals surface area contributed by atoms with Crippen LogP contribution in [0.25, 0.3) is 0 Å². The number of alkyl halides is 3. The van der Waals surface area contributed by atoms with E-state index >= 15 is 0 Å². The third-order valence-corrected chi connectivity index (χ3v) is 5.84. The highest BCUT2D eigenvalue weighted by Gasteiger charge is 2.43. The van der Waals surface area contributed by atoms with Crippen LogP contribution < -0.4 is 4.74 Å². The smallest absolute Gasteiger partial charge is 0.488 e. The first-order valence-corrected chi connectivity index (χ1v) is 10.4. The largest absolute Gasteiger partial charge is 0.490 e. The van der Waals surface area contributed by atoms with Crippen LogP contribution in [0.15, 0.2) is 41.9 Å². The minimum absolute atomic E-state index is 0.0266. The number of piperidine rings is 1. The van der Waals surface area contributed by atoms with Gasteiger partial charge in [0.2, 0.25) is 0 Å². The number of halogens is 3. The van der Waals surface area contributed by atoms with E-state index in [-0.39, 0.29) is 11.7 Å². The number of likely N-dealkylation sites (tertiary alicyclic amines) is 1. The third-order valence-electron chi connectivity index (χ3n) is 5.07. The molecule has 10 heteroatoms. The minimum Gasteiger partial charge on any atom is -0.488 e. The summed E-state index contributed by atoms with van der Waals surface area (Å²) in [7, 11) is 0. The van der Waals surface area contributed by atoms with E-state index in [0.717, 1.165) is 44.6 Å². The van der Waals surface area contributed by atoms with Gasteiger partial charge < -0.3 is 14.6 Å². The number of benzene rings is 1. The number of carboxylic acid groups (broad SMARTS) is 1. The molecule has 2 fully saturated rings. The maximum atomic E-state index is 10.6. The van der Waals surface area contributed by atoms with Gasteiger partial charge in [-0.2, -0.15) is 13.2 Å². The molecule has 2 aromatic rings. The fraction of sp³-hybridized carbons (Fsp3) is 0.500. The lowest BCUT2D eigenvalue weighted by molar-refractivity contribution is -0.192. The topological polar surface area (TPSA) is 71.9 Å². The molecular weight excluding hydrogens is 421 g/mol. The molecule has 1 aromatic carbocycles. The van der Waals surface area contributed by atoms with Crippen molar-refractivity contribution >= 4 is 17.3 Å². The predicted octanol–water partition coefficient (Wildman–Crippen LogP) is 3.98. The Kier molecular flexibility index (Phi) is 7.32. The summed E-state index contributed by atoms with van der Waals surface area (Å²) in [6.07, 6.45) is 0.173. The number of thiazole rings is 1. The first-order chi connectivity index (χ1) is 14.3. The Labute approximate surface area is 176 Å². The molecule has 2 saturated heterocycles. The molecule has 2 aliphatic heterocycles. The first-order valence-electron chi connectivity index (χ1n) is 9.52. The van der Waals surface area contributed by atoms with E-state index in [9.17, 15) is 13.2 Å². The maximum Gasteiger partial charge on any atom is 0.490 e. The van der Waals surface area contributed by atoms with Gasteiger partial charge in [0.25, 0.3) is 0 Å². The number of carboxylic acids is 1. The molecule has 4 rings (SSSR count). The lowest BCUT2D eigenvalue weighted by Crippen LogP contribution is -2.44. The average molecular weight is 444 g/mol. The molecule has 0 saturated carbocycles. The quantitative estimate of drug-likeness (QED) is 0.769. The van der Waals surface area contributed by atoms with Crippen molar-refractivity contribution in [1.29, 1.82) is 0 Å². The summed E-state index contributed by atoms with van der Waals surface area (Å²) in [5.74, 6) is -1.81. The maximum absolute atomic E-state index is 10.6. The van der Waals surface area contributed by atoms with E-state index in [1.807, 2.05) is 41.9 Å². The molecule has 0 bridgehead atoms. The summed E-state index contributed by atoms with van der Waals surface area (Å²) in [6.45, 7) is 3.84. The highest BCUT2D eigenvalue weighted by atomic mass is 32.1. The first kappa shape index (κ1) is 22.5. The van der Waals surface area contributed by atoms with Crippen LogP contribution in [0.4, 0.5) is 13.2 Å². The van der Waals surface area contributed by atoms with Crippen LogP contribution in [0.1, 0.15) is 24.3 Å². The van der Waals surface area contributed by atoms with Crippen molar-refractivity contribution in [1.82, 2.24) is 9.88 Å². The van der Waals surface area contributed by atoms with E-state index in [0.29, 0.717) is 6.61 Å². The number of hydrogen-bond donors (Lipinski definition) is 1. The highest BCUT2D eigenvalue weighted by Crippen LogP contribution is 2.37. The fourth-order valence-corrected chi connectivity index (χ4v) is 4.22. The van der Waals surface area contributed by atoms with Gasteiger partial charge in [-0.1, -0.05) is 18.2 Å². The van der Waals surface area contributed by atoms with Crippen molar-refractivity contribution in [3.63, 3.8) is 0 Å². The molecule has 1 unspecified atom stereocenters. The van der Waals surface area contributed by atoms with Gasteiger partial charge in [0, 0.05) is 31.1 Å². The lowest BCUT2D eigenvalue weighted by atomic mass is 9.88. The summed E-state index contributed by atoms with van der Waals surface area (Å²) in [5.41, 5.74) is 0.0266. The standard InChI is InChI=1S/C18H22N2O2S.C2HF3O2/c1-2-4-15(5-3-1)22-16-12-18(21-14-16)6-9-20(10-7-18)13-17-19-8-11-23-17;3-2(4,5)1(6)7/h1-5,8,11,16H,6-7,9-10,12-14H2;(H,6,7). The Bertz CT molecular complexity index is 794. The lowest BCUT2D eigenvalue weighted by Gasteiger charge is -2.38. The predicted molar refractivity (Wildman–Crippen MR) is 104 cm³/mol. The number of hydrogen-bond acceptors (Lipinski definition) is 6. The van der Waals surface area contributed by atoms with Gasteiger partial charge >= 0.3 is 12.1 Å². The van der Waals surface area contributed by atoms with Crippen LogP contribution in [0.3, 0.4) is 0 Å². The molecule has 0 amide bonds. The number of aliphatic carboxylic acids is 1. The molecule has 0 radical (unpaired) electrons. The van der Waals surface area contributed by atoms with Crippen LogP contribution in [0.5, 0.6) is 5.75 Å². The van der Waals surface area contributed by atoms with Gasteiger partial charge in [0.15, 0.2) is 0 Å². The second-order valence-corrected chi connectivity index (χ2v) is 8.24. The monoisotopic (exact) mass is 444 g/mol. The third kappa shape index (κ3) is 6.41. The second kappa shape index (κ2) is 9.76. The fourth-order valence-electron chi connectivity index (χ4n) is 3.56. The minimum atomic E-state index is -5.08. The number of carbonyl (C=O) groups is 1. The number of nitrogens with zero attached hydrogens (tertiary/aromatic N) is 2. The Morgan fingerprint density at radius 3 is 2.53 bits per heavy atom. The van der Waals surface area contributed by atoms with Crippen molar-refractivity contribution in [3.8, 4) is 5.75 Å². The Balaban J connectivity index is 0.000000318. The second-order valence-electron chi connectivity index (χ2n) is 7.26. The molecule has 30 heavy (non-hydrogen) atoms. The van der Waals surface area contributed by atoms with Gasteiger partial charge in [-0.3, -0.25) is 4.90 Å². The van der Waals surface area contributed by atoms with Gasteiger partial charge in [-0.05, 0) is 25.0 Å². The van der Waals surface area contributed by atoms with Gasteiger partial charge in [-0.25, -0.2) is 9.78 Å². The molecule has 1 aromatic heterocycles. The highest BCUT2D eigenvalue weighted by molar-refractivity contribution is 7.09. The Morgan fingerprint density at radius 2 is 1.97 bits per heavy atom. The molecular formula is C20H23F3N2O4S. The summed E-state index contributed by atoms with van der Waals surface area (Å²) in [5, 5.41) is 10.4. The van der Waals surface area contributed by atoms with Crippen LogP contribution >= 0.6 is 11.3 Å². The molecule has 1 spiro atoms. The van der Waals surface area contributed by atoms with Crippen LogP contribution in [0.2, 0.25) is 0 Å². The van der Waals surface area contributed by atoms with Crippen LogP contribution in [-0.2, 0) is 16.1 Å². The zero-order valence-electron chi connectivity index (χ0n) is 16.2. The van der Waals surface area contributed by atoms with Crippen LogP contribution in [0, 0.1) is 0 Å². The van der Waals surface area contributed by atoms with Crippen molar-refractivity contribution in [2.24, 2.45) is 0 Å². The summed E-state index contributed by atoms with van der Waals surface area (Å²) >= 11 is 1.74. The SMILES string of the molecule is O=C(O)C(F)(F)F.c1ccc(OC2COC3(CCN(Cc4nccs4)CC3)C2)cc1. The number of rotatable bonds is 4. The van der Waals surface area contributed by atoms with Crippen molar-refractivity contribution in [2.75, 3.05) is 19.7 Å². The molecule has 1 atom stereocenters. The number of ether oxygens (including phenoxy) is 2. The van der Waals surface area contributed by atoms with E-state index in [1.165, 1.54) is 5.01 Å². The van der Waals surface area contributed by atoms with Gasteiger partial charge in [-0.15, -0.1) is 11.3 Å². The van der Waals surface area contributed by atoms with Gasteiger partial charge in [0.05, 0.1) is 18.8 Å². The molecule has 3 heterocycles. The van der Waals surface area contributed by atoms with E-state index in [1.54, 1.807) is 11.3 Å². The molecule has 2 aliphatic rings. The normalized spacial score (nSPS) is 21.1. The van der Waals surface area contributed by atoms with Gasteiger partial charge in [0.1, 0.15) is 16.9 Å². The molecule has 6 nitrogen and oxygen atoms in total. The van der Waals surface area contributed by atoms with E-state index in [2.05, 4.69) is 9.88 Å². The zero-order chi connectivity index (χ0) is 21.6. The van der Waals surface area contributed by atoms with E-state index in [4.69, 9.17) is 19.4 Å². The zero-order valence-corrected chi connectivity index (χ0v) is 17.0. The molecule has 1 N–H and O–H groups in total.